The molecule has 5 N–H and O–H groups in total. The summed E-state index contributed by atoms with van der Waals surface area (Å²) in [4.78, 5) is 23.8. The van der Waals surface area contributed by atoms with Gasteiger partial charge < -0.3 is 21.1 Å². The van der Waals surface area contributed by atoms with Gasteiger partial charge >= 0.3 is 6.03 Å². The number of fused-ring (bicyclic) bond motifs is 1. The lowest BCUT2D eigenvalue weighted by Crippen LogP contribution is -2.28. The van der Waals surface area contributed by atoms with E-state index in [1.807, 2.05) is 42.5 Å². The number of primary amides is 1. The number of nitrogens with two attached hydrogens (primary N) is 1. The molecule has 0 aliphatic carbocycles. The normalized spacial score (nSPS) is 10.6. The average molecular weight is 415 g/mol. The van der Waals surface area contributed by atoms with Gasteiger partial charge in [-0.2, -0.15) is 5.10 Å². The predicted octanol–water partition coefficient (Wildman–Crippen LogP) is 3.66. The highest BCUT2D eigenvalue weighted by atomic mass is 16.5. The number of anilines is 1. The van der Waals surface area contributed by atoms with Gasteiger partial charge in [-0.25, -0.2) is 4.79 Å². The lowest BCUT2D eigenvalue weighted by Gasteiger charge is -2.09. The molecular formula is C23H21N5O3. The second-order valence-corrected chi connectivity index (χ2v) is 6.93. The van der Waals surface area contributed by atoms with Gasteiger partial charge in [-0.1, -0.05) is 24.3 Å². The first-order chi connectivity index (χ1) is 15.0. The number of nitrogens with one attached hydrogen (secondary N) is 3. The van der Waals surface area contributed by atoms with Crippen LogP contribution in [0.15, 0.2) is 66.7 Å². The fourth-order valence-electron chi connectivity index (χ4n) is 3.23. The van der Waals surface area contributed by atoms with Crippen LogP contribution < -0.4 is 21.1 Å². The molecule has 8 heteroatoms. The van der Waals surface area contributed by atoms with Crippen LogP contribution in [0.5, 0.6) is 5.75 Å². The van der Waals surface area contributed by atoms with Crippen LogP contribution in [0.3, 0.4) is 0 Å². The molecule has 0 aliphatic heterocycles. The molecule has 0 bridgehead atoms. The molecule has 0 atom stereocenters. The Bertz CT molecular complexity index is 1250. The van der Waals surface area contributed by atoms with Crippen molar-refractivity contribution in [2.24, 2.45) is 5.73 Å². The third kappa shape index (κ3) is 4.48. The maximum atomic E-state index is 12.3. The maximum Gasteiger partial charge on any atom is 0.319 e. The van der Waals surface area contributed by atoms with Gasteiger partial charge in [0, 0.05) is 28.7 Å². The Balaban J connectivity index is 1.48. The van der Waals surface area contributed by atoms with E-state index in [4.69, 9.17) is 10.5 Å². The zero-order chi connectivity index (χ0) is 21.8. The van der Waals surface area contributed by atoms with E-state index in [9.17, 15) is 9.59 Å². The van der Waals surface area contributed by atoms with E-state index in [1.165, 1.54) is 0 Å². The highest BCUT2D eigenvalue weighted by Gasteiger charge is 2.12. The molecule has 4 rings (SSSR count). The van der Waals surface area contributed by atoms with Crippen LogP contribution in [0.4, 0.5) is 10.5 Å². The Morgan fingerprint density at radius 2 is 1.87 bits per heavy atom. The minimum Gasteiger partial charge on any atom is -0.497 e. The van der Waals surface area contributed by atoms with E-state index in [-0.39, 0.29) is 6.03 Å². The van der Waals surface area contributed by atoms with Crippen LogP contribution >= 0.6 is 0 Å². The number of nitrogens with zero attached hydrogens (tertiary/aromatic N) is 1. The van der Waals surface area contributed by atoms with Crippen molar-refractivity contribution >= 4 is 28.5 Å². The molecule has 3 aromatic carbocycles. The van der Waals surface area contributed by atoms with E-state index in [0.29, 0.717) is 23.5 Å². The average Bonchev–Trinajstić information content (AvgIpc) is 3.21. The Morgan fingerprint density at radius 3 is 2.61 bits per heavy atom. The number of urea groups is 1. The number of hydrogen-bond acceptors (Lipinski definition) is 4. The minimum atomic E-state index is -0.502. The Hall–Kier alpha value is -4.33. The SMILES string of the molecule is COc1ccc(CNC(=O)Nc2cccc(-c3n[nH]c4ccc(C(N)=O)cc34)c2)cc1. The van der Waals surface area contributed by atoms with Gasteiger partial charge in [0.15, 0.2) is 0 Å². The molecule has 0 spiro atoms. The number of benzene rings is 3. The van der Waals surface area contributed by atoms with Crippen LogP contribution in [0.25, 0.3) is 22.2 Å². The molecule has 1 aromatic heterocycles. The van der Waals surface area contributed by atoms with Gasteiger partial charge in [-0.05, 0) is 48.0 Å². The zero-order valence-corrected chi connectivity index (χ0v) is 16.8. The van der Waals surface area contributed by atoms with E-state index in [0.717, 1.165) is 27.8 Å². The smallest absolute Gasteiger partial charge is 0.319 e. The third-order valence-corrected chi connectivity index (χ3v) is 4.85. The molecule has 0 saturated heterocycles. The van der Waals surface area contributed by atoms with Crippen molar-refractivity contribution in [1.82, 2.24) is 15.5 Å². The van der Waals surface area contributed by atoms with E-state index < -0.39 is 5.91 Å². The standard InChI is InChI=1S/C23H21N5O3/c1-31-18-8-5-14(6-9-18)13-25-23(30)26-17-4-2-3-15(11-17)21-19-12-16(22(24)29)7-10-20(19)27-28-21/h2-12H,13H2,1H3,(H2,24,29)(H,27,28)(H2,25,26,30). The Labute approximate surface area is 178 Å². The molecule has 0 fully saturated rings. The lowest BCUT2D eigenvalue weighted by molar-refractivity contribution is 0.100. The predicted molar refractivity (Wildman–Crippen MR) is 119 cm³/mol. The molecule has 1 heterocycles. The van der Waals surface area contributed by atoms with Gasteiger partial charge in [-0.15, -0.1) is 0 Å². The summed E-state index contributed by atoms with van der Waals surface area (Å²) in [6, 6.07) is 19.6. The first-order valence-electron chi connectivity index (χ1n) is 9.59. The van der Waals surface area contributed by atoms with E-state index >= 15 is 0 Å². The maximum absolute atomic E-state index is 12.3. The largest absolute Gasteiger partial charge is 0.497 e. The number of ether oxygens (including phenoxy) is 1. The second kappa shape index (κ2) is 8.58. The Morgan fingerprint density at radius 1 is 1.06 bits per heavy atom. The third-order valence-electron chi connectivity index (χ3n) is 4.85. The van der Waals surface area contributed by atoms with Crippen molar-refractivity contribution in [3.8, 4) is 17.0 Å². The molecule has 0 radical (unpaired) electrons. The van der Waals surface area contributed by atoms with Crippen molar-refractivity contribution in [1.29, 1.82) is 0 Å². The summed E-state index contributed by atoms with van der Waals surface area (Å²) in [6.07, 6.45) is 0. The number of carbonyl (C=O) groups excluding carboxylic acids is 2. The van der Waals surface area contributed by atoms with Crippen LogP contribution in [-0.4, -0.2) is 29.2 Å². The second-order valence-electron chi connectivity index (χ2n) is 6.93. The molecule has 31 heavy (non-hydrogen) atoms. The highest BCUT2D eigenvalue weighted by molar-refractivity contribution is 6.01. The van der Waals surface area contributed by atoms with Gasteiger partial charge in [0.2, 0.25) is 5.91 Å². The summed E-state index contributed by atoms with van der Waals surface area (Å²) in [7, 11) is 1.61. The molecule has 3 amide bonds. The first kappa shape index (κ1) is 20.0. The quantitative estimate of drug-likeness (QED) is 0.384. The van der Waals surface area contributed by atoms with Crippen molar-refractivity contribution in [2.45, 2.75) is 6.54 Å². The van der Waals surface area contributed by atoms with Gasteiger partial charge in [0.1, 0.15) is 5.75 Å². The molecule has 4 aromatic rings. The van der Waals surface area contributed by atoms with Crippen molar-refractivity contribution in [3.63, 3.8) is 0 Å². The number of carbonyl (C=O) groups is 2. The van der Waals surface area contributed by atoms with Crippen LogP contribution in [-0.2, 0) is 6.54 Å². The number of methoxy groups -OCH3 is 1. The minimum absolute atomic E-state index is 0.323. The van der Waals surface area contributed by atoms with Crippen LogP contribution in [0.2, 0.25) is 0 Å². The van der Waals surface area contributed by atoms with Gasteiger partial charge in [0.25, 0.3) is 0 Å². The van der Waals surface area contributed by atoms with Gasteiger partial charge in [-0.3, -0.25) is 9.89 Å². The fourth-order valence-corrected chi connectivity index (χ4v) is 3.23. The number of hydrogen-bond donors (Lipinski definition) is 4. The van der Waals surface area contributed by atoms with Crippen molar-refractivity contribution < 1.29 is 14.3 Å². The van der Waals surface area contributed by atoms with Crippen molar-refractivity contribution in [2.75, 3.05) is 12.4 Å². The Kier molecular flexibility index (Phi) is 5.53. The first-order valence-corrected chi connectivity index (χ1v) is 9.59. The molecule has 156 valence electrons. The molecule has 0 aliphatic rings. The number of H-pyrrole nitrogens is 1. The lowest BCUT2D eigenvalue weighted by atomic mass is 10.0. The number of aromatic nitrogens is 2. The summed E-state index contributed by atoms with van der Waals surface area (Å²) in [5.41, 5.74) is 9.62. The van der Waals surface area contributed by atoms with Crippen LogP contribution in [0.1, 0.15) is 15.9 Å². The molecule has 0 unspecified atom stereocenters. The van der Waals surface area contributed by atoms with Crippen LogP contribution in [0, 0.1) is 0 Å². The number of aromatic amines is 1. The monoisotopic (exact) mass is 415 g/mol. The summed E-state index contributed by atoms with van der Waals surface area (Å²) >= 11 is 0. The van der Waals surface area contributed by atoms with E-state index in [2.05, 4.69) is 20.8 Å². The highest BCUT2D eigenvalue weighted by Crippen LogP contribution is 2.28. The summed E-state index contributed by atoms with van der Waals surface area (Å²) in [5.74, 6) is 0.261. The summed E-state index contributed by atoms with van der Waals surface area (Å²) < 4.78 is 5.13. The number of amides is 3. The van der Waals surface area contributed by atoms with Crippen molar-refractivity contribution in [3.05, 3.63) is 77.9 Å². The molecule has 8 nitrogen and oxygen atoms in total. The topological polar surface area (TPSA) is 122 Å². The molecule has 0 saturated carbocycles. The fraction of sp³-hybridized carbons (Fsp3) is 0.0870. The zero-order valence-electron chi connectivity index (χ0n) is 16.8. The summed E-state index contributed by atoms with van der Waals surface area (Å²) in [5, 5.41) is 13.7. The summed E-state index contributed by atoms with van der Waals surface area (Å²) in [6.45, 7) is 0.384. The van der Waals surface area contributed by atoms with E-state index in [1.54, 1.807) is 31.4 Å². The van der Waals surface area contributed by atoms with Gasteiger partial charge in [0.05, 0.1) is 18.3 Å². The molecular weight excluding hydrogens is 394 g/mol. The number of rotatable bonds is 6.